The van der Waals surface area contributed by atoms with E-state index in [1.165, 1.54) is 0 Å². The molecule has 0 aromatic heterocycles. The van der Waals surface area contributed by atoms with Crippen molar-refractivity contribution in [2.45, 2.75) is 39.2 Å². The minimum Gasteiger partial charge on any atom is -0.481 e. The molecule has 0 aromatic rings. The first-order chi connectivity index (χ1) is 8.64. The topological polar surface area (TPSA) is 72.9 Å². The zero-order valence-electron chi connectivity index (χ0n) is 12.7. The third-order valence-corrected chi connectivity index (χ3v) is 2.66. The predicted octanol–water partition coefficient (Wildman–Crippen LogP) is 1.22. The van der Waals surface area contributed by atoms with Gasteiger partial charge in [-0.15, -0.1) is 0 Å². The number of nitrogens with zero attached hydrogens (tertiary/aromatic N) is 2. The smallest absolute Gasteiger partial charge is 0.317 e. The normalized spacial score (nSPS) is 11.5. The summed E-state index contributed by atoms with van der Waals surface area (Å²) in [6, 6.07) is -0.201. The van der Waals surface area contributed by atoms with Crippen LogP contribution in [0.15, 0.2) is 0 Å². The molecule has 2 amide bonds. The number of aliphatic carboxylic acids is 1. The molecule has 0 aliphatic heterocycles. The summed E-state index contributed by atoms with van der Waals surface area (Å²) in [5.74, 6) is -0.894. The van der Waals surface area contributed by atoms with Gasteiger partial charge in [-0.25, -0.2) is 4.79 Å². The molecule has 0 spiro atoms. The number of carboxylic acids is 1. The van der Waals surface area contributed by atoms with Crippen molar-refractivity contribution >= 4 is 12.0 Å². The van der Waals surface area contributed by atoms with E-state index in [4.69, 9.17) is 5.11 Å². The molecule has 0 saturated heterocycles. The van der Waals surface area contributed by atoms with Crippen LogP contribution in [0.3, 0.4) is 0 Å². The molecule has 0 aromatic carbocycles. The minimum atomic E-state index is -0.894. The summed E-state index contributed by atoms with van der Waals surface area (Å²) in [6.07, 6.45) is 0.831. The van der Waals surface area contributed by atoms with Gasteiger partial charge in [0.25, 0.3) is 0 Å². The molecule has 0 atom stereocenters. The summed E-state index contributed by atoms with van der Waals surface area (Å²) in [4.78, 5) is 26.3. The van der Waals surface area contributed by atoms with Crippen LogP contribution in [-0.2, 0) is 4.79 Å². The lowest BCUT2D eigenvalue weighted by atomic mass is 10.1. The fourth-order valence-corrected chi connectivity index (χ4v) is 1.64. The van der Waals surface area contributed by atoms with E-state index in [2.05, 4.69) is 10.2 Å². The SMILES string of the molecule is CN(C)CCCNC(=O)N(CCC(=O)O)C(C)(C)C. The minimum absolute atomic E-state index is 0.0393. The number of urea groups is 1. The van der Waals surface area contributed by atoms with Gasteiger partial charge in [0.1, 0.15) is 0 Å². The Morgan fingerprint density at radius 1 is 1.16 bits per heavy atom. The summed E-state index contributed by atoms with van der Waals surface area (Å²) in [5, 5.41) is 11.6. The van der Waals surface area contributed by atoms with Gasteiger partial charge in [-0.1, -0.05) is 0 Å². The van der Waals surface area contributed by atoms with Crippen molar-refractivity contribution < 1.29 is 14.7 Å². The standard InChI is InChI=1S/C13H27N3O3/c1-13(2,3)16(10-7-11(17)18)12(19)14-8-6-9-15(4)5/h6-10H2,1-5H3,(H,14,19)(H,17,18). The number of amides is 2. The molecular formula is C13H27N3O3. The van der Waals surface area contributed by atoms with Crippen molar-refractivity contribution in [3.05, 3.63) is 0 Å². The Balaban J connectivity index is 4.27. The van der Waals surface area contributed by atoms with Crippen LogP contribution in [0.1, 0.15) is 33.6 Å². The molecule has 19 heavy (non-hydrogen) atoms. The van der Waals surface area contributed by atoms with Crippen molar-refractivity contribution in [2.24, 2.45) is 0 Å². The number of rotatable bonds is 7. The van der Waals surface area contributed by atoms with Gasteiger partial charge in [0.2, 0.25) is 0 Å². The van der Waals surface area contributed by atoms with Crippen LogP contribution < -0.4 is 5.32 Å². The zero-order valence-corrected chi connectivity index (χ0v) is 12.7. The van der Waals surface area contributed by atoms with Crippen molar-refractivity contribution in [3.8, 4) is 0 Å². The summed E-state index contributed by atoms with van der Waals surface area (Å²) >= 11 is 0. The highest BCUT2D eigenvalue weighted by atomic mass is 16.4. The zero-order chi connectivity index (χ0) is 15.1. The molecule has 0 fully saturated rings. The second-order valence-corrected chi connectivity index (χ2v) is 5.85. The van der Waals surface area contributed by atoms with Crippen LogP contribution in [0, 0.1) is 0 Å². The lowest BCUT2D eigenvalue weighted by Crippen LogP contribution is -2.51. The van der Waals surface area contributed by atoms with Gasteiger partial charge in [-0.05, 0) is 47.8 Å². The average Bonchev–Trinajstić information content (AvgIpc) is 2.22. The molecule has 0 radical (unpaired) electrons. The highest BCUT2D eigenvalue weighted by Crippen LogP contribution is 2.13. The van der Waals surface area contributed by atoms with Gasteiger partial charge in [0, 0.05) is 18.6 Å². The molecule has 6 nitrogen and oxygen atoms in total. The maximum absolute atomic E-state index is 12.1. The maximum atomic E-state index is 12.1. The first-order valence-electron chi connectivity index (χ1n) is 6.56. The van der Waals surface area contributed by atoms with Crippen LogP contribution in [-0.4, -0.2) is 66.2 Å². The third-order valence-electron chi connectivity index (χ3n) is 2.66. The van der Waals surface area contributed by atoms with Crippen LogP contribution >= 0.6 is 0 Å². The Hall–Kier alpha value is -1.30. The van der Waals surface area contributed by atoms with Gasteiger partial charge in [-0.3, -0.25) is 4.79 Å². The van der Waals surface area contributed by atoms with E-state index in [-0.39, 0.29) is 24.5 Å². The Morgan fingerprint density at radius 2 is 1.74 bits per heavy atom. The molecule has 0 rings (SSSR count). The van der Waals surface area contributed by atoms with Crippen LogP contribution in [0.2, 0.25) is 0 Å². The highest BCUT2D eigenvalue weighted by molar-refractivity contribution is 5.76. The Kier molecular flexibility index (Phi) is 7.44. The molecule has 6 heteroatoms. The van der Waals surface area contributed by atoms with E-state index in [9.17, 15) is 9.59 Å². The van der Waals surface area contributed by atoms with Crippen molar-refractivity contribution in [2.75, 3.05) is 33.7 Å². The van der Waals surface area contributed by atoms with Gasteiger partial charge in [0.05, 0.1) is 6.42 Å². The molecule has 0 unspecified atom stereocenters. The summed E-state index contributed by atoms with van der Waals surface area (Å²) in [6.45, 7) is 7.41. The number of nitrogens with one attached hydrogen (secondary N) is 1. The van der Waals surface area contributed by atoms with E-state index in [1.807, 2.05) is 34.9 Å². The lowest BCUT2D eigenvalue weighted by Gasteiger charge is -2.35. The van der Waals surface area contributed by atoms with E-state index in [0.29, 0.717) is 6.54 Å². The van der Waals surface area contributed by atoms with Crippen LogP contribution in [0.25, 0.3) is 0 Å². The van der Waals surface area contributed by atoms with E-state index < -0.39 is 5.97 Å². The lowest BCUT2D eigenvalue weighted by molar-refractivity contribution is -0.137. The molecule has 0 aliphatic rings. The molecule has 0 aliphatic carbocycles. The second kappa shape index (κ2) is 7.99. The number of hydrogen-bond donors (Lipinski definition) is 2. The highest BCUT2D eigenvalue weighted by Gasteiger charge is 2.26. The number of carbonyl (C=O) groups is 2. The Labute approximate surface area is 115 Å². The second-order valence-electron chi connectivity index (χ2n) is 5.85. The van der Waals surface area contributed by atoms with E-state index >= 15 is 0 Å². The van der Waals surface area contributed by atoms with Crippen molar-refractivity contribution in [3.63, 3.8) is 0 Å². The maximum Gasteiger partial charge on any atom is 0.317 e. The molecule has 0 heterocycles. The van der Waals surface area contributed by atoms with Gasteiger partial charge in [0.15, 0.2) is 0 Å². The van der Waals surface area contributed by atoms with Gasteiger partial charge >= 0.3 is 12.0 Å². The molecule has 112 valence electrons. The molecular weight excluding hydrogens is 246 g/mol. The first-order valence-corrected chi connectivity index (χ1v) is 6.56. The molecule has 0 saturated carbocycles. The van der Waals surface area contributed by atoms with Crippen molar-refractivity contribution in [1.82, 2.24) is 15.1 Å². The van der Waals surface area contributed by atoms with Crippen LogP contribution in [0.4, 0.5) is 4.79 Å². The quantitative estimate of drug-likeness (QED) is 0.684. The van der Waals surface area contributed by atoms with E-state index in [1.54, 1.807) is 4.90 Å². The summed E-state index contributed by atoms with van der Waals surface area (Å²) in [5.41, 5.74) is -0.388. The Morgan fingerprint density at radius 3 is 2.16 bits per heavy atom. The number of carboxylic acid groups (broad SMARTS) is 1. The predicted molar refractivity (Wildman–Crippen MR) is 75.3 cm³/mol. The van der Waals surface area contributed by atoms with Crippen molar-refractivity contribution in [1.29, 1.82) is 0 Å². The monoisotopic (exact) mass is 273 g/mol. The number of carbonyl (C=O) groups excluding carboxylic acids is 1. The van der Waals surface area contributed by atoms with Gasteiger partial charge < -0.3 is 20.2 Å². The largest absolute Gasteiger partial charge is 0.481 e. The van der Waals surface area contributed by atoms with Gasteiger partial charge in [-0.2, -0.15) is 0 Å². The average molecular weight is 273 g/mol. The summed E-state index contributed by atoms with van der Waals surface area (Å²) in [7, 11) is 3.96. The fraction of sp³-hybridized carbons (Fsp3) is 0.846. The third kappa shape index (κ3) is 8.42. The first kappa shape index (κ1) is 17.7. The molecule has 0 bridgehead atoms. The van der Waals surface area contributed by atoms with E-state index in [0.717, 1.165) is 13.0 Å². The van der Waals surface area contributed by atoms with Crippen LogP contribution in [0.5, 0.6) is 0 Å². The molecule has 2 N–H and O–H groups in total. The number of hydrogen-bond acceptors (Lipinski definition) is 3. The fourth-order valence-electron chi connectivity index (χ4n) is 1.64. The summed E-state index contributed by atoms with van der Waals surface area (Å²) < 4.78 is 0. The Bertz CT molecular complexity index is 298.